The first kappa shape index (κ1) is 24.2. The van der Waals surface area contributed by atoms with Gasteiger partial charge < -0.3 is 35.6 Å². The topological polar surface area (TPSA) is 211 Å². The maximum absolute atomic E-state index is 13.1. The van der Waals surface area contributed by atoms with Crippen molar-refractivity contribution in [2.24, 2.45) is 0 Å². The van der Waals surface area contributed by atoms with Gasteiger partial charge in [0.25, 0.3) is 21.7 Å². The highest BCUT2D eigenvalue weighted by Crippen LogP contribution is 2.37. The van der Waals surface area contributed by atoms with Gasteiger partial charge in [0.05, 0.1) is 24.3 Å². The second-order valence-corrected chi connectivity index (χ2v) is 9.24. The third-order valence-corrected chi connectivity index (χ3v) is 6.94. The third-order valence-electron chi connectivity index (χ3n) is 5.21. The molecular weight excluding hydrogens is 452 g/mol. The molecule has 13 nitrogen and oxygen atoms in total. The number of nitrogens with one attached hydrogen (secondary N) is 1. The molecule has 0 spiro atoms. The van der Waals surface area contributed by atoms with Gasteiger partial charge in [0.1, 0.15) is 23.2 Å². The van der Waals surface area contributed by atoms with Gasteiger partial charge in [-0.05, 0) is 12.1 Å². The molecule has 2 heterocycles. The van der Waals surface area contributed by atoms with Crippen LogP contribution in [0, 0.1) is 0 Å². The minimum absolute atomic E-state index is 0.199. The summed E-state index contributed by atoms with van der Waals surface area (Å²) in [6, 6.07) is 3.50. The number of aliphatic hydroxyl groups is 5. The molecule has 0 radical (unpaired) electrons. The standard InChI is InChI=1S/C18H22N2O11S/c1-8(22)19-13-10(23)6-18(28,31-15(13)14(25)11(24)7-21)17(27)20-16(26)9-4-2-3-5-12(9)32(20,29)30/h2-5,10-11,13-15,21,23-25,28H,6-7H2,1H3,(H,19,22)/t10-,11+,13+,14+,15+,18-/m0/s1. The zero-order valence-corrected chi connectivity index (χ0v) is 17.5. The Morgan fingerprint density at radius 1 is 1.31 bits per heavy atom. The van der Waals surface area contributed by atoms with Crippen LogP contribution in [0.4, 0.5) is 0 Å². The lowest BCUT2D eigenvalue weighted by Crippen LogP contribution is -2.69. The Balaban J connectivity index is 1.99. The fourth-order valence-corrected chi connectivity index (χ4v) is 5.24. The zero-order valence-electron chi connectivity index (χ0n) is 16.7. The largest absolute Gasteiger partial charge is 0.394 e. The van der Waals surface area contributed by atoms with Gasteiger partial charge >= 0.3 is 5.91 Å². The predicted molar refractivity (Wildman–Crippen MR) is 102 cm³/mol. The molecule has 1 fully saturated rings. The number of fused-ring (bicyclic) bond motifs is 1. The zero-order chi connectivity index (χ0) is 24.0. The van der Waals surface area contributed by atoms with Gasteiger partial charge in [-0.3, -0.25) is 14.4 Å². The van der Waals surface area contributed by atoms with Crippen LogP contribution in [-0.2, 0) is 24.3 Å². The number of hydrogen-bond acceptors (Lipinski definition) is 11. The fourth-order valence-electron chi connectivity index (χ4n) is 3.68. The number of aliphatic hydroxyl groups excluding tert-OH is 4. The molecule has 0 bridgehead atoms. The van der Waals surface area contributed by atoms with Crippen molar-refractivity contribution in [3.05, 3.63) is 29.8 Å². The normalized spacial score (nSPS) is 31.0. The Kier molecular flexibility index (Phi) is 6.41. The number of sulfonamides is 1. The Labute approximate surface area is 181 Å². The van der Waals surface area contributed by atoms with Crippen molar-refractivity contribution in [2.45, 2.75) is 54.5 Å². The lowest BCUT2D eigenvalue weighted by atomic mass is 9.88. The van der Waals surface area contributed by atoms with E-state index in [1.165, 1.54) is 18.2 Å². The molecule has 3 amide bonds. The molecular formula is C18H22N2O11S. The van der Waals surface area contributed by atoms with E-state index in [1.807, 2.05) is 0 Å². The molecule has 2 aliphatic heterocycles. The number of nitrogens with zero attached hydrogens (tertiary/aromatic N) is 1. The van der Waals surface area contributed by atoms with Crippen LogP contribution in [0.3, 0.4) is 0 Å². The van der Waals surface area contributed by atoms with Gasteiger partial charge in [-0.15, -0.1) is 0 Å². The average molecular weight is 474 g/mol. The summed E-state index contributed by atoms with van der Waals surface area (Å²) >= 11 is 0. The second kappa shape index (κ2) is 8.47. The van der Waals surface area contributed by atoms with Gasteiger partial charge in [0, 0.05) is 13.3 Å². The Bertz CT molecular complexity index is 1050. The molecule has 32 heavy (non-hydrogen) atoms. The maximum atomic E-state index is 13.1. The molecule has 0 unspecified atom stereocenters. The average Bonchev–Trinajstić information content (AvgIpc) is 2.93. The molecule has 0 saturated carbocycles. The number of benzene rings is 1. The molecule has 1 saturated heterocycles. The summed E-state index contributed by atoms with van der Waals surface area (Å²) in [7, 11) is -4.70. The van der Waals surface area contributed by atoms with E-state index in [2.05, 4.69) is 5.32 Å². The van der Waals surface area contributed by atoms with E-state index in [0.29, 0.717) is 0 Å². The first-order valence-corrected chi connectivity index (χ1v) is 10.8. The van der Waals surface area contributed by atoms with Gasteiger partial charge in [0.15, 0.2) is 0 Å². The van der Waals surface area contributed by atoms with Crippen LogP contribution in [0.25, 0.3) is 0 Å². The lowest BCUT2D eigenvalue weighted by molar-refractivity contribution is -0.288. The van der Waals surface area contributed by atoms with Crippen molar-refractivity contribution in [2.75, 3.05) is 6.61 Å². The molecule has 0 aromatic heterocycles. The van der Waals surface area contributed by atoms with Crippen LogP contribution >= 0.6 is 0 Å². The summed E-state index contributed by atoms with van der Waals surface area (Å²) in [5, 5.41) is 52.8. The number of ether oxygens (including phenoxy) is 1. The molecule has 14 heteroatoms. The van der Waals surface area contributed by atoms with E-state index >= 15 is 0 Å². The highest BCUT2D eigenvalue weighted by molar-refractivity contribution is 7.90. The highest BCUT2D eigenvalue weighted by atomic mass is 32.2. The van der Waals surface area contributed by atoms with E-state index in [1.54, 1.807) is 0 Å². The second-order valence-electron chi connectivity index (χ2n) is 7.48. The summed E-state index contributed by atoms with van der Waals surface area (Å²) in [5.41, 5.74) is -0.316. The van der Waals surface area contributed by atoms with Crippen LogP contribution in [0.15, 0.2) is 29.2 Å². The summed E-state index contributed by atoms with van der Waals surface area (Å²) < 4.78 is 30.5. The summed E-state index contributed by atoms with van der Waals surface area (Å²) in [6.07, 6.45) is -8.54. The lowest BCUT2D eigenvalue weighted by Gasteiger charge is -2.46. The number of carbonyl (C=O) groups is 3. The minimum atomic E-state index is -4.70. The van der Waals surface area contributed by atoms with E-state index in [4.69, 9.17) is 9.84 Å². The van der Waals surface area contributed by atoms with Crippen molar-refractivity contribution in [1.82, 2.24) is 9.62 Å². The van der Waals surface area contributed by atoms with E-state index < -0.39 is 81.9 Å². The predicted octanol–water partition coefficient (Wildman–Crippen LogP) is -3.59. The monoisotopic (exact) mass is 474 g/mol. The Morgan fingerprint density at radius 2 is 1.94 bits per heavy atom. The third kappa shape index (κ3) is 3.90. The molecule has 1 aromatic rings. The smallest absolute Gasteiger partial charge is 0.303 e. The van der Waals surface area contributed by atoms with Gasteiger partial charge in [-0.1, -0.05) is 12.1 Å². The van der Waals surface area contributed by atoms with Crippen molar-refractivity contribution >= 4 is 27.7 Å². The molecule has 2 aliphatic rings. The molecule has 0 aliphatic carbocycles. The van der Waals surface area contributed by atoms with Crippen LogP contribution in [0.5, 0.6) is 0 Å². The maximum Gasteiger partial charge on any atom is 0.303 e. The fraction of sp³-hybridized carbons (Fsp3) is 0.500. The van der Waals surface area contributed by atoms with Crippen molar-refractivity contribution in [3.63, 3.8) is 0 Å². The number of imide groups is 1. The van der Waals surface area contributed by atoms with Crippen LogP contribution in [-0.4, -0.2) is 98.8 Å². The Morgan fingerprint density at radius 3 is 2.50 bits per heavy atom. The van der Waals surface area contributed by atoms with Gasteiger partial charge in [-0.2, -0.15) is 4.31 Å². The van der Waals surface area contributed by atoms with Crippen LogP contribution in [0.1, 0.15) is 23.7 Å². The first-order chi connectivity index (χ1) is 14.8. The minimum Gasteiger partial charge on any atom is -0.394 e. The number of hydrogen-bond donors (Lipinski definition) is 6. The van der Waals surface area contributed by atoms with E-state index in [9.17, 15) is 43.2 Å². The Hall–Kier alpha value is -2.46. The summed E-state index contributed by atoms with van der Waals surface area (Å²) in [5.74, 6) is -6.85. The van der Waals surface area contributed by atoms with E-state index in [0.717, 1.165) is 13.0 Å². The number of rotatable bonds is 5. The molecule has 1 aromatic carbocycles. The van der Waals surface area contributed by atoms with Gasteiger partial charge in [-0.25, -0.2) is 8.42 Å². The molecule has 3 rings (SSSR count). The van der Waals surface area contributed by atoms with Crippen molar-refractivity contribution < 1.29 is 53.1 Å². The van der Waals surface area contributed by atoms with Crippen LogP contribution in [0.2, 0.25) is 0 Å². The molecule has 6 N–H and O–H groups in total. The summed E-state index contributed by atoms with van der Waals surface area (Å²) in [4.78, 5) is 36.7. The number of amides is 3. The quantitative estimate of drug-likeness (QED) is 0.230. The van der Waals surface area contributed by atoms with Crippen molar-refractivity contribution in [3.8, 4) is 0 Å². The van der Waals surface area contributed by atoms with E-state index in [-0.39, 0.29) is 9.87 Å². The SMILES string of the molecule is CC(=O)N[C@H]1[C@H]([C@H](O)[C@H](O)CO)O[C@](O)(C(=O)N2C(=O)c3ccccc3S2(=O)=O)C[C@@H]1O. The first-order valence-electron chi connectivity index (χ1n) is 9.40. The number of carbonyl (C=O) groups excluding carboxylic acids is 3. The van der Waals surface area contributed by atoms with Crippen molar-refractivity contribution in [1.29, 1.82) is 0 Å². The highest BCUT2D eigenvalue weighted by Gasteiger charge is 2.59. The van der Waals surface area contributed by atoms with Gasteiger partial charge in [0.2, 0.25) is 5.91 Å². The summed E-state index contributed by atoms with van der Waals surface area (Å²) in [6.45, 7) is 0.0852. The molecule has 176 valence electrons. The molecule has 6 atom stereocenters. The van der Waals surface area contributed by atoms with Crippen LogP contribution < -0.4 is 5.32 Å².